The van der Waals surface area contributed by atoms with Crippen LogP contribution in [-0.2, 0) is 11.3 Å². The first-order valence-corrected chi connectivity index (χ1v) is 11.0. The number of nitrogens with one attached hydrogen (secondary N) is 2. The summed E-state index contributed by atoms with van der Waals surface area (Å²) >= 11 is 0. The fraction of sp³-hybridized carbons (Fsp3) is 0.696. The Hall–Kier alpha value is -1.06. The highest BCUT2D eigenvalue weighted by atomic mass is 127. The maximum absolute atomic E-state index is 6.00. The molecular formula is C23H41IN4O2. The Balaban J connectivity index is 0.00000450. The van der Waals surface area contributed by atoms with Crippen molar-refractivity contribution in [2.24, 2.45) is 10.9 Å². The summed E-state index contributed by atoms with van der Waals surface area (Å²) in [5.41, 5.74) is 1.19. The van der Waals surface area contributed by atoms with Crippen molar-refractivity contribution in [1.29, 1.82) is 0 Å². The molecule has 1 heterocycles. The van der Waals surface area contributed by atoms with E-state index in [1.165, 1.54) is 12.0 Å². The molecule has 0 radical (unpaired) electrons. The van der Waals surface area contributed by atoms with Crippen LogP contribution in [0.3, 0.4) is 0 Å². The molecule has 0 bridgehead atoms. The van der Waals surface area contributed by atoms with Gasteiger partial charge in [-0.15, -0.1) is 24.0 Å². The normalized spacial score (nSPS) is 15.2. The van der Waals surface area contributed by atoms with Gasteiger partial charge >= 0.3 is 0 Å². The Labute approximate surface area is 200 Å². The van der Waals surface area contributed by atoms with Crippen LogP contribution < -0.4 is 15.4 Å². The second kappa shape index (κ2) is 15.7. The molecule has 0 aliphatic carbocycles. The van der Waals surface area contributed by atoms with Crippen LogP contribution in [0.4, 0.5) is 0 Å². The zero-order valence-electron chi connectivity index (χ0n) is 19.2. The molecule has 2 N–H and O–H groups in total. The minimum atomic E-state index is 0. The Bertz CT molecular complexity index is 607. The van der Waals surface area contributed by atoms with Gasteiger partial charge in [-0.2, -0.15) is 0 Å². The summed E-state index contributed by atoms with van der Waals surface area (Å²) in [6.07, 6.45) is 4.62. The van der Waals surface area contributed by atoms with E-state index < -0.39 is 0 Å². The zero-order valence-corrected chi connectivity index (χ0v) is 21.5. The van der Waals surface area contributed by atoms with Crippen LogP contribution in [-0.4, -0.2) is 63.9 Å². The first-order chi connectivity index (χ1) is 14.1. The summed E-state index contributed by atoms with van der Waals surface area (Å²) < 4.78 is 11.4. The van der Waals surface area contributed by atoms with Crippen molar-refractivity contribution in [3.63, 3.8) is 0 Å². The molecule has 1 aliphatic rings. The highest BCUT2D eigenvalue weighted by Gasteiger charge is 2.17. The Morgan fingerprint density at radius 1 is 1.27 bits per heavy atom. The molecule has 0 saturated carbocycles. The summed E-state index contributed by atoms with van der Waals surface area (Å²) in [5.74, 6) is 2.51. The lowest BCUT2D eigenvalue weighted by Crippen LogP contribution is -2.38. The van der Waals surface area contributed by atoms with Crippen LogP contribution in [0, 0.1) is 5.92 Å². The van der Waals surface area contributed by atoms with Crippen molar-refractivity contribution < 1.29 is 9.47 Å². The van der Waals surface area contributed by atoms with Gasteiger partial charge in [0.2, 0.25) is 0 Å². The Morgan fingerprint density at radius 3 is 2.73 bits per heavy atom. The lowest BCUT2D eigenvalue weighted by atomic mass is 10.1. The van der Waals surface area contributed by atoms with Gasteiger partial charge in [0.1, 0.15) is 12.4 Å². The monoisotopic (exact) mass is 532 g/mol. The third-order valence-electron chi connectivity index (χ3n) is 5.36. The number of aliphatic imine (C=N–C) groups is 1. The van der Waals surface area contributed by atoms with E-state index in [4.69, 9.17) is 9.47 Å². The molecule has 1 saturated heterocycles. The quantitative estimate of drug-likeness (QED) is 0.196. The van der Waals surface area contributed by atoms with Crippen molar-refractivity contribution in [2.45, 2.75) is 52.1 Å². The van der Waals surface area contributed by atoms with E-state index in [1.807, 2.05) is 19.2 Å². The second-order valence-electron chi connectivity index (χ2n) is 8.21. The second-order valence-corrected chi connectivity index (χ2v) is 8.21. The fourth-order valence-corrected chi connectivity index (χ4v) is 3.48. The molecular weight excluding hydrogens is 491 g/mol. The average molecular weight is 533 g/mol. The summed E-state index contributed by atoms with van der Waals surface area (Å²) in [4.78, 5) is 6.70. The summed E-state index contributed by atoms with van der Waals surface area (Å²) in [5, 5.41) is 6.76. The number of nitrogens with zero attached hydrogens (tertiary/aromatic N) is 2. The maximum Gasteiger partial charge on any atom is 0.191 e. The minimum absolute atomic E-state index is 0. The first-order valence-electron chi connectivity index (χ1n) is 11.0. The lowest BCUT2D eigenvalue weighted by Gasteiger charge is -2.31. The molecule has 7 heteroatoms. The maximum atomic E-state index is 6.00. The Morgan fingerprint density at radius 2 is 2.03 bits per heavy atom. The van der Waals surface area contributed by atoms with Crippen LogP contribution in [0.1, 0.15) is 45.1 Å². The van der Waals surface area contributed by atoms with Gasteiger partial charge < -0.3 is 20.1 Å². The van der Waals surface area contributed by atoms with Gasteiger partial charge in [-0.05, 0) is 56.3 Å². The van der Waals surface area contributed by atoms with Crippen molar-refractivity contribution >= 4 is 29.9 Å². The molecule has 1 fully saturated rings. The SMILES string of the molecule is CN=C(NCCCC(C)C)NCc1cccc(OCCN(C)C2CCOCC2)c1.I. The van der Waals surface area contributed by atoms with E-state index in [-0.39, 0.29) is 24.0 Å². The fourth-order valence-electron chi connectivity index (χ4n) is 3.48. The van der Waals surface area contributed by atoms with Gasteiger partial charge in [0.15, 0.2) is 5.96 Å². The summed E-state index contributed by atoms with van der Waals surface area (Å²) in [6, 6.07) is 8.90. The minimum Gasteiger partial charge on any atom is -0.492 e. The predicted molar refractivity (Wildman–Crippen MR) is 136 cm³/mol. The third-order valence-corrected chi connectivity index (χ3v) is 5.36. The number of guanidine groups is 1. The van der Waals surface area contributed by atoms with Gasteiger partial charge in [-0.3, -0.25) is 9.89 Å². The molecule has 0 amide bonds. The summed E-state index contributed by atoms with van der Waals surface area (Å²) in [7, 11) is 3.99. The number of likely N-dealkylation sites (N-methyl/N-ethyl adjacent to an activating group) is 1. The number of ether oxygens (including phenoxy) is 2. The van der Waals surface area contributed by atoms with E-state index in [9.17, 15) is 0 Å². The van der Waals surface area contributed by atoms with E-state index in [0.717, 1.165) is 69.7 Å². The summed E-state index contributed by atoms with van der Waals surface area (Å²) in [6.45, 7) is 9.56. The van der Waals surface area contributed by atoms with Crippen LogP contribution in [0.5, 0.6) is 5.75 Å². The Kier molecular flexibility index (Phi) is 14.1. The zero-order chi connectivity index (χ0) is 20.9. The molecule has 1 aromatic rings. The molecule has 172 valence electrons. The van der Waals surface area contributed by atoms with Gasteiger partial charge in [0, 0.05) is 45.9 Å². The van der Waals surface area contributed by atoms with Crippen LogP contribution in [0.25, 0.3) is 0 Å². The number of halogens is 1. The molecule has 1 aliphatic heterocycles. The van der Waals surface area contributed by atoms with Gasteiger partial charge in [0.25, 0.3) is 0 Å². The van der Waals surface area contributed by atoms with Gasteiger partial charge in [-0.25, -0.2) is 0 Å². The molecule has 0 atom stereocenters. The highest BCUT2D eigenvalue weighted by Crippen LogP contribution is 2.15. The smallest absolute Gasteiger partial charge is 0.191 e. The molecule has 2 rings (SSSR count). The average Bonchev–Trinajstić information content (AvgIpc) is 2.74. The molecule has 0 unspecified atom stereocenters. The standard InChI is InChI=1S/C23H40N4O2.HI/c1-19(2)7-6-12-25-23(24-3)26-18-20-8-5-9-22(17-20)29-16-13-27(4)21-10-14-28-15-11-21;/h5,8-9,17,19,21H,6-7,10-16,18H2,1-4H3,(H2,24,25,26);1H. The van der Waals surface area contributed by atoms with E-state index >= 15 is 0 Å². The van der Waals surface area contributed by atoms with Crippen LogP contribution >= 0.6 is 24.0 Å². The van der Waals surface area contributed by atoms with Crippen molar-refractivity contribution in [1.82, 2.24) is 15.5 Å². The molecule has 0 spiro atoms. The molecule has 6 nitrogen and oxygen atoms in total. The van der Waals surface area contributed by atoms with Gasteiger partial charge in [0.05, 0.1) is 0 Å². The largest absolute Gasteiger partial charge is 0.492 e. The van der Waals surface area contributed by atoms with Crippen molar-refractivity contribution in [2.75, 3.05) is 47.0 Å². The van der Waals surface area contributed by atoms with E-state index in [2.05, 4.69) is 53.6 Å². The molecule has 1 aromatic carbocycles. The topological polar surface area (TPSA) is 58.1 Å². The van der Waals surface area contributed by atoms with Crippen molar-refractivity contribution in [3.8, 4) is 5.75 Å². The van der Waals surface area contributed by atoms with Crippen LogP contribution in [0.15, 0.2) is 29.3 Å². The van der Waals surface area contributed by atoms with Crippen molar-refractivity contribution in [3.05, 3.63) is 29.8 Å². The van der Waals surface area contributed by atoms with E-state index in [0.29, 0.717) is 12.6 Å². The third kappa shape index (κ3) is 10.8. The van der Waals surface area contributed by atoms with Crippen LogP contribution in [0.2, 0.25) is 0 Å². The molecule has 0 aromatic heterocycles. The predicted octanol–water partition coefficient (Wildman–Crippen LogP) is 3.90. The lowest BCUT2D eigenvalue weighted by molar-refractivity contribution is 0.0392. The first kappa shape index (κ1) is 27.0. The number of benzene rings is 1. The molecule has 30 heavy (non-hydrogen) atoms. The number of hydrogen-bond donors (Lipinski definition) is 2. The number of hydrogen-bond acceptors (Lipinski definition) is 4. The number of rotatable bonds is 11. The van der Waals surface area contributed by atoms with E-state index in [1.54, 1.807) is 0 Å². The van der Waals surface area contributed by atoms with Gasteiger partial charge in [-0.1, -0.05) is 26.0 Å². The highest BCUT2D eigenvalue weighted by molar-refractivity contribution is 14.0.